The van der Waals surface area contributed by atoms with Crippen LogP contribution in [0.3, 0.4) is 0 Å². The average molecular weight is 242 g/mol. The number of hydrogen-bond donors (Lipinski definition) is 2. The normalized spacial score (nSPS) is 15.6. The Morgan fingerprint density at radius 1 is 1.50 bits per heavy atom. The highest BCUT2D eigenvalue weighted by molar-refractivity contribution is 7.99. The van der Waals surface area contributed by atoms with Gasteiger partial charge in [-0.25, -0.2) is 8.54 Å². The smallest absolute Gasteiger partial charge is 0.302 e. The predicted molar refractivity (Wildman–Crippen MR) is 58.9 cm³/mol. The minimum atomic E-state index is -4.36. The van der Waals surface area contributed by atoms with Crippen LogP contribution in [0.5, 0.6) is 0 Å². The molecule has 1 atom stereocenters. The largest absolute Gasteiger partial charge is 0.480 e. The molecular formula is C8H19O4PS. The molecule has 4 nitrogen and oxygen atoms in total. The third-order valence-electron chi connectivity index (χ3n) is 2.26. The van der Waals surface area contributed by atoms with Crippen LogP contribution >= 0.6 is 19.9 Å². The lowest BCUT2D eigenvalue weighted by molar-refractivity contribution is 0.293. The van der Waals surface area contributed by atoms with Gasteiger partial charge in [0.15, 0.2) is 0 Å². The zero-order valence-electron chi connectivity index (χ0n) is 9.06. The van der Waals surface area contributed by atoms with Gasteiger partial charge < -0.3 is 9.79 Å². The Morgan fingerprint density at radius 3 is 2.36 bits per heavy atom. The van der Waals surface area contributed by atoms with Crippen molar-refractivity contribution in [2.45, 2.75) is 45.3 Å². The minimum Gasteiger partial charge on any atom is -0.302 e. The van der Waals surface area contributed by atoms with E-state index in [1.54, 1.807) is 0 Å². The molecule has 0 aliphatic rings. The van der Waals surface area contributed by atoms with Crippen LogP contribution in [0, 0.1) is 5.92 Å². The van der Waals surface area contributed by atoms with Crippen molar-refractivity contribution in [3.8, 4) is 0 Å². The summed E-state index contributed by atoms with van der Waals surface area (Å²) in [5.74, 6) is 0.351. The third-order valence-corrected chi connectivity index (χ3v) is 4.16. The maximum absolute atomic E-state index is 10.5. The Morgan fingerprint density at radius 2 is 2.00 bits per heavy atom. The Bertz CT molecular complexity index is 213. The molecule has 0 heterocycles. The summed E-state index contributed by atoms with van der Waals surface area (Å²) in [7, 11) is -4.36. The Kier molecular flexibility index (Phi) is 5.70. The second-order valence-corrected chi connectivity index (χ2v) is 6.74. The lowest BCUT2D eigenvalue weighted by Crippen LogP contribution is -2.25. The van der Waals surface area contributed by atoms with Gasteiger partial charge in [0.25, 0.3) is 0 Å². The van der Waals surface area contributed by atoms with Gasteiger partial charge in [-0.05, 0) is 26.2 Å². The number of phosphoric acid groups is 1. The van der Waals surface area contributed by atoms with Crippen LogP contribution in [0.2, 0.25) is 0 Å². The van der Waals surface area contributed by atoms with E-state index in [2.05, 4.69) is 17.8 Å². The van der Waals surface area contributed by atoms with Gasteiger partial charge in [0.1, 0.15) is 0 Å². The zero-order valence-corrected chi connectivity index (χ0v) is 10.8. The van der Waals surface area contributed by atoms with E-state index in [0.29, 0.717) is 5.92 Å². The molecule has 14 heavy (non-hydrogen) atoms. The first-order valence-electron chi connectivity index (χ1n) is 4.62. The van der Waals surface area contributed by atoms with Crippen LogP contribution in [0.25, 0.3) is 0 Å². The van der Waals surface area contributed by atoms with E-state index >= 15 is 0 Å². The summed E-state index contributed by atoms with van der Waals surface area (Å²) >= 11 is 0.871. The first-order chi connectivity index (χ1) is 6.19. The molecule has 0 saturated heterocycles. The van der Waals surface area contributed by atoms with Crippen molar-refractivity contribution in [3.63, 3.8) is 0 Å². The monoisotopic (exact) mass is 242 g/mol. The maximum Gasteiger partial charge on any atom is 0.480 e. The molecule has 0 saturated carbocycles. The van der Waals surface area contributed by atoms with Crippen molar-refractivity contribution in [1.29, 1.82) is 0 Å². The molecule has 0 aromatic carbocycles. The van der Waals surface area contributed by atoms with Gasteiger partial charge in [-0.1, -0.05) is 20.3 Å². The highest BCUT2D eigenvalue weighted by Gasteiger charge is 2.30. The van der Waals surface area contributed by atoms with Gasteiger partial charge in [-0.15, -0.1) is 0 Å². The SMILES string of the molecule is CCCC(C)C(C)(C)SOP(=O)(O)O. The van der Waals surface area contributed by atoms with Gasteiger partial charge in [0, 0.05) is 16.8 Å². The minimum absolute atomic E-state index is 0.281. The lowest BCUT2D eigenvalue weighted by atomic mass is 9.93. The van der Waals surface area contributed by atoms with Gasteiger partial charge in [-0.3, -0.25) is 0 Å². The van der Waals surface area contributed by atoms with Crippen LogP contribution in [0.15, 0.2) is 0 Å². The summed E-state index contributed by atoms with van der Waals surface area (Å²) in [6.07, 6.45) is 2.07. The van der Waals surface area contributed by atoms with Crippen LogP contribution in [0.4, 0.5) is 0 Å². The van der Waals surface area contributed by atoms with E-state index in [4.69, 9.17) is 9.79 Å². The van der Waals surface area contributed by atoms with Crippen molar-refractivity contribution in [3.05, 3.63) is 0 Å². The average Bonchev–Trinajstić information content (AvgIpc) is 2.00. The van der Waals surface area contributed by atoms with Crippen molar-refractivity contribution >= 4 is 19.9 Å². The second kappa shape index (κ2) is 5.52. The molecule has 6 heteroatoms. The Hall–Kier alpha value is 0.460. The second-order valence-electron chi connectivity index (χ2n) is 3.94. The quantitative estimate of drug-likeness (QED) is 0.553. The molecule has 86 valence electrons. The summed E-state index contributed by atoms with van der Waals surface area (Å²) in [5, 5.41) is 0. The summed E-state index contributed by atoms with van der Waals surface area (Å²) in [4.78, 5) is 17.1. The van der Waals surface area contributed by atoms with E-state index in [9.17, 15) is 4.57 Å². The molecule has 0 fully saturated rings. The summed E-state index contributed by atoms with van der Waals surface area (Å²) < 4.78 is 14.7. The molecular weight excluding hydrogens is 223 g/mol. The highest BCUT2D eigenvalue weighted by atomic mass is 32.2. The summed E-state index contributed by atoms with van der Waals surface area (Å²) in [6, 6.07) is 0. The van der Waals surface area contributed by atoms with E-state index in [1.165, 1.54) is 0 Å². The fourth-order valence-electron chi connectivity index (χ4n) is 1.01. The molecule has 0 aromatic heterocycles. The fraction of sp³-hybridized carbons (Fsp3) is 1.00. The van der Waals surface area contributed by atoms with Gasteiger partial charge in [0.2, 0.25) is 0 Å². The van der Waals surface area contributed by atoms with Crippen LogP contribution in [-0.4, -0.2) is 14.5 Å². The van der Waals surface area contributed by atoms with Crippen molar-refractivity contribution < 1.29 is 18.3 Å². The first kappa shape index (κ1) is 14.5. The molecule has 0 aliphatic heterocycles. The molecule has 0 amide bonds. The van der Waals surface area contributed by atoms with Crippen molar-refractivity contribution in [2.75, 3.05) is 0 Å². The molecule has 2 N–H and O–H groups in total. The molecule has 0 rings (SSSR count). The Balaban J connectivity index is 4.13. The van der Waals surface area contributed by atoms with Gasteiger partial charge in [0.05, 0.1) is 0 Å². The molecule has 0 aromatic rings. The fourth-order valence-corrected chi connectivity index (χ4v) is 2.45. The van der Waals surface area contributed by atoms with Gasteiger partial charge >= 0.3 is 7.82 Å². The molecule has 0 radical (unpaired) electrons. The van der Waals surface area contributed by atoms with E-state index < -0.39 is 7.82 Å². The predicted octanol–water partition coefficient (Wildman–Crippen LogP) is 2.96. The third kappa shape index (κ3) is 6.04. The number of hydrogen-bond acceptors (Lipinski definition) is 3. The van der Waals surface area contributed by atoms with Gasteiger partial charge in [-0.2, -0.15) is 0 Å². The standard InChI is InChI=1S/C8H19O4PS/c1-5-6-7(2)8(3,4)14-12-13(9,10)11/h7H,5-6H2,1-4H3,(H2,9,10,11). The van der Waals surface area contributed by atoms with Crippen LogP contribution < -0.4 is 0 Å². The molecule has 0 bridgehead atoms. The first-order valence-corrected chi connectivity index (χ1v) is 6.89. The van der Waals surface area contributed by atoms with E-state index in [-0.39, 0.29) is 4.75 Å². The number of rotatable bonds is 6. The van der Waals surface area contributed by atoms with Crippen molar-refractivity contribution in [1.82, 2.24) is 0 Å². The zero-order chi connectivity index (χ0) is 11.4. The van der Waals surface area contributed by atoms with Crippen LogP contribution in [-0.2, 0) is 8.54 Å². The molecule has 1 unspecified atom stereocenters. The van der Waals surface area contributed by atoms with E-state index in [0.717, 1.165) is 24.9 Å². The van der Waals surface area contributed by atoms with Crippen LogP contribution in [0.1, 0.15) is 40.5 Å². The summed E-state index contributed by atoms with van der Waals surface area (Å²) in [5.41, 5.74) is 0. The molecule has 0 spiro atoms. The van der Waals surface area contributed by atoms with E-state index in [1.807, 2.05) is 13.8 Å². The van der Waals surface area contributed by atoms with Crippen molar-refractivity contribution in [2.24, 2.45) is 5.92 Å². The maximum atomic E-state index is 10.5. The lowest BCUT2D eigenvalue weighted by Gasteiger charge is -2.29. The Labute approximate surface area is 89.9 Å². The summed E-state index contributed by atoms with van der Waals surface area (Å²) in [6.45, 7) is 7.99. The highest BCUT2D eigenvalue weighted by Crippen LogP contribution is 2.47. The topological polar surface area (TPSA) is 66.8 Å². The molecule has 0 aliphatic carbocycles.